The second kappa shape index (κ2) is 17.6. The monoisotopic (exact) mass is 718 g/mol. The van der Waals surface area contributed by atoms with Gasteiger partial charge in [0.25, 0.3) is 0 Å². The van der Waals surface area contributed by atoms with Gasteiger partial charge in [0.1, 0.15) is 18.3 Å². The molecule has 52 heavy (non-hydrogen) atoms. The lowest BCUT2D eigenvalue weighted by Gasteiger charge is -2.45. The average molecular weight is 719 g/mol. The predicted molar refractivity (Wildman–Crippen MR) is 185 cm³/mol. The van der Waals surface area contributed by atoms with Crippen molar-refractivity contribution in [3.63, 3.8) is 0 Å². The van der Waals surface area contributed by atoms with Crippen molar-refractivity contribution in [2.75, 3.05) is 7.11 Å². The summed E-state index contributed by atoms with van der Waals surface area (Å²) >= 11 is 0. The Morgan fingerprint density at radius 3 is 1.37 bits per heavy atom. The summed E-state index contributed by atoms with van der Waals surface area (Å²) in [4.78, 5) is 39.1. The molecule has 0 amide bonds. The third kappa shape index (κ3) is 9.43. The van der Waals surface area contributed by atoms with Gasteiger partial charge in [-0.25, -0.2) is 14.4 Å². The number of carbonyl (C=O) groups is 3. The van der Waals surface area contributed by atoms with Crippen molar-refractivity contribution < 1.29 is 57.0 Å². The van der Waals surface area contributed by atoms with Crippen molar-refractivity contribution in [3.8, 4) is 0 Å². The quantitative estimate of drug-likeness (QED) is 0.173. The smallest absolute Gasteiger partial charge is 0.338 e. The lowest BCUT2D eigenvalue weighted by Crippen LogP contribution is -2.56. The van der Waals surface area contributed by atoms with Gasteiger partial charge in [-0.05, 0) is 63.6 Å². The molecular formula is C40H46O12. The molecular weight excluding hydrogens is 672 g/mol. The van der Waals surface area contributed by atoms with E-state index < -0.39 is 85.6 Å². The molecule has 0 saturated carbocycles. The van der Waals surface area contributed by atoms with Gasteiger partial charge in [-0.1, -0.05) is 54.6 Å². The lowest BCUT2D eigenvalue weighted by atomic mass is 9.99. The molecule has 6 rings (SSSR count). The van der Waals surface area contributed by atoms with Crippen LogP contribution in [0.3, 0.4) is 0 Å². The summed E-state index contributed by atoms with van der Waals surface area (Å²) < 4.78 is 54.9. The van der Waals surface area contributed by atoms with Crippen molar-refractivity contribution in [2.45, 2.75) is 114 Å². The van der Waals surface area contributed by atoms with E-state index in [1.165, 1.54) is 7.11 Å². The van der Waals surface area contributed by atoms with Crippen LogP contribution in [0.15, 0.2) is 91.0 Å². The molecule has 3 aromatic rings. The van der Waals surface area contributed by atoms with Crippen LogP contribution < -0.4 is 0 Å². The largest absolute Gasteiger partial charge is 0.456 e. The third-order valence-corrected chi connectivity index (χ3v) is 9.51. The molecule has 0 unspecified atom stereocenters. The van der Waals surface area contributed by atoms with Gasteiger partial charge in [-0.3, -0.25) is 0 Å². The van der Waals surface area contributed by atoms with E-state index in [4.69, 9.17) is 42.6 Å². The van der Waals surface area contributed by atoms with Gasteiger partial charge in [-0.2, -0.15) is 0 Å². The number of esters is 3. The number of hydrogen-bond donors (Lipinski definition) is 0. The van der Waals surface area contributed by atoms with Crippen molar-refractivity contribution in [2.24, 2.45) is 0 Å². The number of carbonyl (C=O) groups excluding carboxylic acids is 3. The Kier molecular flexibility index (Phi) is 12.7. The number of ether oxygens (including phenoxy) is 9. The lowest BCUT2D eigenvalue weighted by molar-refractivity contribution is -0.321. The topological polar surface area (TPSA) is 134 Å². The molecule has 0 N–H and O–H groups in total. The Balaban J connectivity index is 1.16. The van der Waals surface area contributed by atoms with E-state index in [2.05, 4.69) is 0 Å². The summed E-state index contributed by atoms with van der Waals surface area (Å²) in [7, 11) is 1.54. The fraction of sp³-hybridized carbons (Fsp3) is 0.475. The highest BCUT2D eigenvalue weighted by Crippen LogP contribution is 2.34. The first-order valence-corrected chi connectivity index (χ1v) is 17.8. The molecule has 0 spiro atoms. The maximum absolute atomic E-state index is 13.3. The Morgan fingerprint density at radius 1 is 0.500 bits per heavy atom. The summed E-state index contributed by atoms with van der Waals surface area (Å²) in [5, 5.41) is 0. The van der Waals surface area contributed by atoms with Crippen LogP contribution in [0.4, 0.5) is 0 Å². The average Bonchev–Trinajstić information content (AvgIpc) is 3.16. The molecule has 12 nitrogen and oxygen atoms in total. The molecule has 0 aliphatic carbocycles. The first-order chi connectivity index (χ1) is 25.2. The van der Waals surface area contributed by atoms with Crippen molar-refractivity contribution in [3.05, 3.63) is 108 Å². The summed E-state index contributed by atoms with van der Waals surface area (Å²) in [5.41, 5.74) is 1.26. The Bertz CT molecular complexity index is 1600. The minimum atomic E-state index is -0.835. The van der Waals surface area contributed by atoms with Crippen LogP contribution >= 0.6 is 0 Å². The van der Waals surface area contributed by atoms with Gasteiger partial charge in [0.15, 0.2) is 31.1 Å². The zero-order chi connectivity index (χ0) is 36.6. The van der Waals surface area contributed by atoms with Crippen LogP contribution in [0.1, 0.15) is 77.5 Å². The summed E-state index contributed by atoms with van der Waals surface area (Å²) in [6.45, 7) is 5.42. The van der Waals surface area contributed by atoms with Crippen LogP contribution in [0.2, 0.25) is 0 Å². The van der Waals surface area contributed by atoms with Crippen LogP contribution in [0, 0.1) is 0 Å². The molecule has 12 heteroatoms. The maximum atomic E-state index is 13.3. The van der Waals surface area contributed by atoms with Gasteiger partial charge in [0.05, 0.1) is 35.0 Å². The Hall–Kier alpha value is -4.17. The number of benzene rings is 3. The van der Waals surface area contributed by atoms with Gasteiger partial charge >= 0.3 is 17.9 Å². The van der Waals surface area contributed by atoms with Crippen molar-refractivity contribution in [1.82, 2.24) is 0 Å². The predicted octanol–water partition coefficient (Wildman–Crippen LogP) is 5.87. The van der Waals surface area contributed by atoms with E-state index in [0.717, 1.165) is 0 Å². The minimum Gasteiger partial charge on any atom is -0.456 e. The fourth-order valence-electron chi connectivity index (χ4n) is 6.73. The molecule has 278 valence electrons. The van der Waals surface area contributed by atoms with Gasteiger partial charge in [-0.15, -0.1) is 0 Å². The number of hydrogen-bond acceptors (Lipinski definition) is 12. The second-order valence-corrected chi connectivity index (χ2v) is 13.2. The van der Waals surface area contributed by atoms with E-state index >= 15 is 0 Å². The summed E-state index contributed by atoms with van der Waals surface area (Å²) in [5.74, 6) is -1.44. The summed E-state index contributed by atoms with van der Waals surface area (Å²) in [6, 6.07) is 26.2. The SMILES string of the molecule is CO[C@@H]1C[C@@H](O[C@@H]2C[C@@H](O[C@H]3CC[C@H](OC(=O)c4ccccc4)[C@H](C)O3)[C@H](OC(=O)c3ccccc3)[C@@H](C)O2)[C@H](OC(=O)c2ccccc2)[C@@H](C)O1. The van der Waals surface area contributed by atoms with Crippen LogP contribution in [-0.4, -0.2) is 92.7 Å². The number of methoxy groups -OCH3 is 1. The Morgan fingerprint density at radius 2 is 0.904 bits per heavy atom. The van der Waals surface area contributed by atoms with E-state index in [0.29, 0.717) is 29.5 Å². The van der Waals surface area contributed by atoms with E-state index in [1.807, 2.05) is 25.1 Å². The van der Waals surface area contributed by atoms with Gasteiger partial charge in [0.2, 0.25) is 0 Å². The van der Waals surface area contributed by atoms with E-state index in [1.54, 1.807) is 86.6 Å². The van der Waals surface area contributed by atoms with Crippen LogP contribution in [0.25, 0.3) is 0 Å². The first kappa shape index (κ1) is 37.6. The Labute approximate surface area is 303 Å². The molecule has 3 heterocycles. The molecule has 0 bridgehead atoms. The molecule has 3 saturated heterocycles. The van der Waals surface area contributed by atoms with Crippen molar-refractivity contribution >= 4 is 17.9 Å². The molecule has 3 aromatic carbocycles. The fourth-order valence-corrected chi connectivity index (χ4v) is 6.73. The molecule has 3 aliphatic heterocycles. The molecule has 0 radical (unpaired) electrons. The van der Waals surface area contributed by atoms with Gasteiger partial charge < -0.3 is 42.6 Å². The highest BCUT2D eigenvalue weighted by Gasteiger charge is 2.47. The van der Waals surface area contributed by atoms with Gasteiger partial charge in [0, 0.05) is 26.4 Å². The molecule has 3 aliphatic rings. The highest BCUT2D eigenvalue weighted by atomic mass is 16.7. The number of rotatable bonds is 11. The van der Waals surface area contributed by atoms with Crippen molar-refractivity contribution in [1.29, 1.82) is 0 Å². The summed E-state index contributed by atoms with van der Waals surface area (Å²) in [6.07, 6.45) is -5.83. The first-order valence-electron chi connectivity index (χ1n) is 17.8. The zero-order valence-electron chi connectivity index (χ0n) is 29.7. The molecule has 0 aromatic heterocycles. The third-order valence-electron chi connectivity index (χ3n) is 9.51. The van der Waals surface area contributed by atoms with Crippen LogP contribution in [-0.2, 0) is 42.6 Å². The molecule has 11 atom stereocenters. The van der Waals surface area contributed by atoms with E-state index in [-0.39, 0.29) is 12.8 Å². The highest BCUT2D eigenvalue weighted by molar-refractivity contribution is 5.90. The van der Waals surface area contributed by atoms with Crippen LogP contribution in [0.5, 0.6) is 0 Å². The molecule has 3 fully saturated rings. The zero-order valence-corrected chi connectivity index (χ0v) is 29.7. The standard InChI is InChI=1S/C40H46O12/c1-24-30(50-38(41)27-14-8-5-9-15-27)20-21-33(45-24)48-32-23-35(47-26(3)37(32)52-40(43)29-18-12-7-13-19-29)49-31-22-34(44-4)46-25(2)36(31)51-39(42)28-16-10-6-11-17-28/h5-19,24-26,30-37H,20-23H2,1-4H3/t24-,25+,26+,30-,31+,32+,33-,34-,35+,36+,37+/m0/s1. The minimum absolute atomic E-state index is 0.167. The normalized spacial score (nSPS) is 32.0. The van der Waals surface area contributed by atoms with E-state index in [9.17, 15) is 14.4 Å². The maximum Gasteiger partial charge on any atom is 0.338 e. The second-order valence-electron chi connectivity index (χ2n) is 13.2.